The molecule has 3 N–H and O–H groups in total. The number of aliphatic hydroxyl groups is 1. The van der Waals surface area contributed by atoms with Crippen LogP contribution in [0.2, 0.25) is 0 Å². The summed E-state index contributed by atoms with van der Waals surface area (Å²) < 4.78 is -0.368. The van der Waals surface area contributed by atoms with Gasteiger partial charge in [-0.15, -0.1) is 29.4 Å². The van der Waals surface area contributed by atoms with E-state index in [0.717, 1.165) is 66.2 Å². The second kappa shape index (κ2) is 13.9. The van der Waals surface area contributed by atoms with Crippen LogP contribution in [-0.4, -0.2) is 67.4 Å². The van der Waals surface area contributed by atoms with Gasteiger partial charge in [0.2, 0.25) is 0 Å². The van der Waals surface area contributed by atoms with Gasteiger partial charge in [0.05, 0.1) is 10.6 Å². The Hall–Kier alpha value is -2.70. The summed E-state index contributed by atoms with van der Waals surface area (Å²) in [7, 11) is 0. The van der Waals surface area contributed by atoms with Gasteiger partial charge in [-0.3, -0.25) is 4.90 Å². The molecule has 1 aliphatic heterocycles. The summed E-state index contributed by atoms with van der Waals surface area (Å²) in [4.78, 5) is 20.5. The average molecular weight is 554 g/mol. The van der Waals surface area contributed by atoms with Crippen LogP contribution in [0.3, 0.4) is 0 Å². The minimum Gasteiger partial charge on any atom is -0.473 e. The predicted molar refractivity (Wildman–Crippen MR) is 157 cm³/mol. The summed E-state index contributed by atoms with van der Waals surface area (Å²) in [5, 5.41) is 27.6. The second-order valence-corrected chi connectivity index (χ2v) is 12.0. The molecule has 0 atom stereocenters. The lowest BCUT2D eigenvalue weighted by Crippen LogP contribution is -2.50. The molecule has 0 unspecified atom stereocenters. The Bertz CT molecular complexity index is 1140. The Labute approximate surface area is 233 Å². The van der Waals surface area contributed by atoms with Gasteiger partial charge in [-0.2, -0.15) is 0 Å². The molecular weight excluding hydrogens is 518 g/mol. The van der Waals surface area contributed by atoms with Crippen molar-refractivity contribution < 1.29 is 24.9 Å². The van der Waals surface area contributed by atoms with Gasteiger partial charge in [0.15, 0.2) is 0 Å². The number of thioether (sulfide) groups is 2. The highest BCUT2D eigenvalue weighted by Gasteiger charge is 2.55. The van der Waals surface area contributed by atoms with E-state index >= 15 is 0 Å². The van der Waals surface area contributed by atoms with Crippen molar-refractivity contribution in [1.82, 2.24) is 4.90 Å². The summed E-state index contributed by atoms with van der Waals surface area (Å²) in [6.45, 7) is 7.24. The molecule has 2 aromatic carbocycles. The van der Waals surface area contributed by atoms with Crippen LogP contribution in [0.4, 0.5) is 0 Å². The highest BCUT2D eigenvalue weighted by molar-refractivity contribution is 8.18. The fraction of sp³-hybridized carbons (Fsp3) is 0.400. The molecule has 38 heavy (non-hydrogen) atoms. The maximum atomic E-state index is 12.8. The van der Waals surface area contributed by atoms with Crippen LogP contribution in [-0.2, 0) is 15.2 Å². The third-order valence-electron chi connectivity index (χ3n) is 6.74. The van der Waals surface area contributed by atoms with Crippen molar-refractivity contribution >= 4 is 47.6 Å². The fourth-order valence-electron chi connectivity index (χ4n) is 4.72. The number of carboxylic acid groups (broad SMARTS) is 2. The van der Waals surface area contributed by atoms with Crippen molar-refractivity contribution in [3.63, 3.8) is 0 Å². The molecule has 1 aliphatic carbocycles. The number of nitrogens with zero attached hydrogens (tertiary/aromatic N) is 1. The first-order valence-electron chi connectivity index (χ1n) is 12.8. The maximum Gasteiger partial charge on any atom is 0.414 e. The molecule has 1 fully saturated rings. The van der Waals surface area contributed by atoms with E-state index in [4.69, 9.17) is 19.8 Å². The van der Waals surface area contributed by atoms with Crippen molar-refractivity contribution in [2.24, 2.45) is 0 Å². The highest BCUT2D eigenvalue weighted by atomic mass is 32.2. The molecule has 2 aliphatic rings. The van der Waals surface area contributed by atoms with E-state index in [1.807, 2.05) is 23.5 Å². The van der Waals surface area contributed by atoms with E-state index in [0.29, 0.717) is 0 Å². The van der Waals surface area contributed by atoms with E-state index in [-0.39, 0.29) is 4.08 Å². The standard InChI is InChI=1S/C28H33NOS2.C2H2O4/c1-3-29(4-2)20-11-5-10-19-27(31-21-12-22-32-27)28(30)25-15-8-6-13-23(25)17-18-24-14-7-9-16-26(24)28;3-1(4)2(5)6/h6-9,13-18,30H,3-4,10,12,19-22H2,1-2H3;(H,3,4)(H,5,6). The monoisotopic (exact) mass is 553 g/mol. The number of aliphatic carboxylic acids is 2. The topological polar surface area (TPSA) is 98.1 Å². The third kappa shape index (κ3) is 6.65. The maximum absolute atomic E-state index is 12.8. The van der Waals surface area contributed by atoms with E-state index in [1.165, 1.54) is 6.42 Å². The third-order valence-corrected chi connectivity index (χ3v) is 10.4. The summed E-state index contributed by atoms with van der Waals surface area (Å²) in [6, 6.07) is 16.7. The smallest absolute Gasteiger partial charge is 0.414 e. The Morgan fingerprint density at radius 3 is 1.84 bits per heavy atom. The Balaban J connectivity index is 0.000000599. The van der Waals surface area contributed by atoms with Crippen molar-refractivity contribution in [1.29, 1.82) is 0 Å². The van der Waals surface area contributed by atoms with E-state index in [9.17, 15) is 5.11 Å². The number of hydrogen-bond acceptors (Lipinski definition) is 6. The number of rotatable bonds is 6. The quantitative estimate of drug-likeness (QED) is 0.330. The van der Waals surface area contributed by atoms with E-state index in [1.54, 1.807) is 0 Å². The molecular formula is C30H35NO5S2. The SMILES string of the molecule is CCN(CC)CC#CCCC1(C2(O)c3ccccc3C=Cc3ccccc32)SCCCS1.O=C(O)C(=O)O. The number of fused-ring (bicyclic) bond motifs is 2. The van der Waals surface area contributed by atoms with Gasteiger partial charge in [-0.05, 0) is 59.7 Å². The normalized spacial score (nSPS) is 16.5. The molecule has 4 rings (SSSR count). The molecule has 0 radical (unpaired) electrons. The minimum atomic E-state index is -1.82. The molecule has 0 aromatic heterocycles. The molecule has 0 amide bonds. The van der Waals surface area contributed by atoms with Crippen molar-refractivity contribution in [2.45, 2.75) is 42.8 Å². The summed E-state index contributed by atoms with van der Waals surface area (Å²) in [6.07, 6.45) is 7.14. The van der Waals surface area contributed by atoms with Crippen molar-refractivity contribution in [3.8, 4) is 11.8 Å². The summed E-state index contributed by atoms with van der Waals surface area (Å²) in [5.74, 6) is 5.30. The van der Waals surface area contributed by atoms with E-state index in [2.05, 4.69) is 91.3 Å². The molecule has 1 saturated heterocycles. The molecule has 1 heterocycles. The van der Waals surface area contributed by atoms with Gasteiger partial charge in [0, 0.05) is 6.42 Å². The Morgan fingerprint density at radius 2 is 1.37 bits per heavy atom. The molecule has 0 saturated carbocycles. The molecule has 2 aromatic rings. The number of carboxylic acids is 2. The summed E-state index contributed by atoms with van der Waals surface area (Å²) >= 11 is 3.87. The van der Waals surface area contributed by atoms with E-state index < -0.39 is 17.5 Å². The van der Waals surface area contributed by atoms with Crippen LogP contribution >= 0.6 is 23.5 Å². The summed E-state index contributed by atoms with van der Waals surface area (Å²) in [5.41, 5.74) is 3.15. The first kappa shape index (κ1) is 29.9. The van der Waals surface area contributed by atoms with Gasteiger partial charge < -0.3 is 15.3 Å². The van der Waals surface area contributed by atoms with Crippen LogP contribution in [0.25, 0.3) is 12.2 Å². The zero-order valence-electron chi connectivity index (χ0n) is 21.9. The van der Waals surface area contributed by atoms with Gasteiger partial charge in [0.1, 0.15) is 5.60 Å². The highest BCUT2D eigenvalue weighted by Crippen LogP contribution is 2.60. The largest absolute Gasteiger partial charge is 0.473 e. The molecule has 202 valence electrons. The predicted octanol–water partition coefficient (Wildman–Crippen LogP) is 5.25. The zero-order chi connectivity index (χ0) is 27.6. The first-order valence-corrected chi connectivity index (χ1v) is 14.8. The molecule has 0 spiro atoms. The van der Waals surface area contributed by atoms with Crippen LogP contribution in [0.5, 0.6) is 0 Å². The number of carbonyl (C=O) groups is 2. The van der Waals surface area contributed by atoms with Crippen LogP contribution in [0, 0.1) is 11.8 Å². The Kier molecular flexibility index (Phi) is 10.9. The van der Waals surface area contributed by atoms with Crippen LogP contribution in [0.1, 0.15) is 55.4 Å². The number of hydrogen-bond donors (Lipinski definition) is 3. The lowest BCUT2D eigenvalue weighted by atomic mass is 9.78. The van der Waals surface area contributed by atoms with Gasteiger partial charge in [-0.1, -0.05) is 80.5 Å². The number of benzene rings is 2. The Morgan fingerprint density at radius 1 is 0.868 bits per heavy atom. The van der Waals surface area contributed by atoms with Crippen molar-refractivity contribution in [3.05, 3.63) is 70.8 Å². The molecule has 6 nitrogen and oxygen atoms in total. The lowest BCUT2D eigenvalue weighted by Gasteiger charge is -2.49. The van der Waals surface area contributed by atoms with Gasteiger partial charge in [-0.25, -0.2) is 9.59 Å². The fourth-order valence-corrected chi connectivity index (χ4v) is 8.32. The van der Waals surface area contributed by atoms with Crippen LogP contribution < -0.4 is 0 Å². The van der Waals surface area contributed by atoms with Gasteiger partial charge >= 0.3 is 11.9 Å². The zero-order valence-corrected chi connectivity index (χ0v) is 23.5. The van der Waals surface area contributed by atoms with Gasteiger partial charge in [0.25, 0.3) is 0 Å². The average Bonchev–Trinajstić information content (AvgIpc) is 3.07. The lowest BCUT2D eigenvalue weighted by molar-refractivity contribution is -0.159. The molecule has 0 bridgehead atoms. The second-order valence-electron chi connectivity index (χ2n) is 8.95. The van der Waals surface area contributed by atoms with Crippen LogP contribution in [0.15, 0.2) is 48.5 Å². The minimum absolute atomic E-state index is 0.368. The van der Waals surface area contributed by atoms with Crippen molar-refractivity contribution in [2.75, 3.05) is 31.1 Å². The molecule has 8 heteroatoms. The first-order chi connectivity index (χ1) is 18.3.